The van der Waals surface area contributed by atoms with E-state index in [9.17, 15) is 14.9 Å². The van der Waals surface area contributed by atoms with Gasteiger partial charge in [0.1, 0.15) is 0 Å². The maximum Gasteiger partial charge on any atom is 0.270 e. The van der Waals surface area contributed by atoms with Crippen LogP contribution in [0.2, 0.25) is 0 Å². The summed E-state index contributed by atoms with van der Waals surface area (Å²) in [4.78, 5) is 22.5. The van der Waals surface area contributed by atoms with Crippen molar-refractivity contribution in [2.45, 2.75) is 37.8 Å². The van der Waals surface area contributed by atoms with Gasteiger partial charge in [-0.3, -0.25) is 14.9 Å². The van der Waals surface area contributed by atoms with Crippen LogP contribution in [0.5, 0.6) is 0 Å². The van der Waals surface area contributed by atoms with Crippen molar-refractivity contribution in [3.05, 3.63) is 33.9 Å². The van der Waals surface area contributed by atoms with Gasteiger partial charge in [-0.15, -0.1) is 0 Å². The fourth-order valence-electron chi connectivity index (χ4n) is 3.07. The van der Waals surface area contributed by atoms with Crippen molar-refractivity contribution in [1.29, 1.82) is 0 Å². The number of nitro benzene ring substituents is 1. The summed E-state index contributed by atoms with van der Waals surface area (Å²) in [5.41, 5.74) is 0.851. The number of anilines is 1. The number of nitro groups is 1. The third-order valence-electron chi connectivity index (χ3n) is 4.51. The summed E-state index contributed by atoms with van der Waals surface area (Å²) < 4.78 is 5.81. The van der Waals surface area contributed by atoms with Gasteiger partial charge in [0.25, 0.3) is 11.6 Å². The molecule has 1 saturated carbocycles. The van der Waals surface area contributed by atoms with Gasteiger partial charge in [0.15, 0.2) is 0 Å². The smallest absolute Gasteiger partial charge is 0.270 e. The van der Waals surface area contributed by atoms with Gasteiger partial charge in [-0.1, -0.05) is 0 Å². The molecule has 0 bridgehead atoms. The van der Waals surface area contributed by atoms with E-state index in [2.05, 4.69) is 10.6 Å². The van der Waals surface area contributed by atoms with Crippen LogP contribution in [0.25, 0.3) is 0 Å². The van der Waals surface area contributed by atoms with Crippen molar-refractivity contribution in [3.63, 3.8) is 0 Å². The molecule has 2 aliphatic rings. The molecule has 2 fully saturated rings. The number of ether oxygens (including phenoxy) is 1. The molecule has 1 aliphatic carbocycles. The van der Waals surface area contributed by atoms with Crippen LogP contribution in [0.15, 0.2) is 18.2 Å². The van der Waals surface area contributed by atoms with Crippen LogP contribution in [-0.4, -0.2) is 36.6 Å². The van der Waals surface area contributed by atoms with Gasteiger partial charge in [0.05, 0.1) is 16.6 Å². The largest absolute Gasteiger partial charge is 0.381 e. The summed E-state index contributed by atoms with van der Waals surface area (Å²) in [6.45, 7) is 0.709. The van der Waals surface area contributed by atoms with E-state index in [1.165, 1.54) is 32.0 Å². The molecule has 124 valence electrons. The second-order valence-corrected chi connectivity index (χ2v) is 6.18. The maximum atomic E-state index is 12.0. The molecular formula is C16H21N3O4. The Hall–Kier alpha value is -2.15. The van der Waals surface area contributed by atoms with Gasteiger partial charge in [0.2, 0.25) is 0 Å². The predicted molar refractivity (Wildman–Crippen MR) is 85.6 cm³/mol. The Morgan fingerprint density at radius 1 is 1.35 bits per heavy atom. The number of non-ortho nitro benzene ring substituents is 1. The summed E-state index contributed by atoms with van der Waals surface area (Å²) in [6, 6.07) is 4.58. The highest BCUT2D eigenvalue weighted by Crippen LogP contribution is 2.38. The van der Waals surface area contributed by atoms with E-state index in [4.69, 9.17) is 4.74 Å². The normalized spacial score (nSPS) is 24.0. The third-order valence-corrected chi connectivity index (χ3v) is 4.51. The van der Waals surface area contributed by atoms with Gasteiger partial charge in [-0.25, -0.2) is 0 Å². The highest BCUT2D eigenvalue weighted by molar-refractivity contribution is 6.00. The van der Waals surface area contributed by atoms with Crippen LogP contribution in [-0.2, 0) is 4.74 Å². The van der Waals surface area contributed by atoms with E-state index in [-0.39, 0.29) is 17.6 Å². The first-order valence-corrected chi connectivity index (χ1v) is 7.97. The quantitative estimate of drug-likeness (QED) is 0.642. The Morgan fingerprint density at radius 2 is 2.13 bits per heavy atom. The highest BCUT2D eigenvalue weighted by atomic mass is 16.6. The number of carbonyl (C=O) groups is 1. The van der Waals surface area contributed by atoms with Crippen LogP contribution in [0.1, 0.15) is 36.0 Å². The molecule has 1 heterocycles. The fourth-order valence-corrected chi connectivity index (χ4v) is 3.07. The summed E-state index contributed by atoms with van der Waals surface area (Å²) in [5, 5.41) is 16.8. The molecular weight excluding hydrogens is 298 g/mol. The lowest BCUT2D eigenvalue weighted by Crippen LogP contribution is -2.35. The number of rotatable bonds is 5. The van der Waals surface area contributed by atoms with Crippen LogP contribution in [0.4, 0.5) is 11.4 Å². The monoisotopic (exact) mass is 319 g/mol. The number of hydrogen-bond donors (Lipinski definition) is 2. The summed E-state index contributed by atoms with van der Waals surface area (Å²) >= 11 is 0. The minimum atomic E-state index is -0.492. The summed E-state index contributed by atoms with van der Waals surface area (Å²) in [6.07, 6.45) is 4.54. The molecule has 0 spiro atoms. The number of hydrogen-bond acceptors (Lipinski definition) is 5. The van der Waals surface area contributed by atoms with Crippen molar-refractivity contribution in [3.8, 4) is 0 Å². The number of carbonyl (C=O) groups excluding carboxylic acids is 1. The Morgan fingerprint density at radius 3 is 2.78 bits per heavy atom. The topological polar surface area (TPSA) is 93.5 Å². The Balaban J connectivity index is 1.77. The molecule has 7 nitrogen and oxygen atoms in total. The molecule has 0 aromatic heterocycles. The Labute approximate surface area is 134 Å². The zero-order chi connectivity index (χ0) is 16.4. The van der Waals surface area contributed by atoms with Crippen molar-refractivity contribution in [2.75, 3.05) is 19.0 Å². The first kappa shape index (κ1) is 15.7. The molecule has 7 heteroatoms. The average Bonchev–Trinajstić information content (AvgIpc) is 3.39. The van der Waals surface area contributed by atoms with Crippen LogP contribution in [0.3, 0.4) is 0 Å². The van der Waals surface area contributed by atoms with E-state index < -0.39 is 4.92 Å². The third kappa shape index (κ3) is 3.61. The van der Waals surface area contributed by atoms with Crippen molar-refractivity contribution >= 4 is 17.3 Å². The van der Waals surface area contributed by atoms with Crippen molar-refractivity contribution in [2.24, 2.45) is 5.92 Å². The van der Waals surface area contributed by atoms with Gasteiger partial charge in [0, 0.05) is 37.5 Å². The number of nitrogens with zero attached hydrogens (tertiary/aromatic N) is 1. The molecule has 1 amide bonds. The maximum absolute atomic E-state index is 12.0. The lowest BCUT2D eigenvalue weighted by molar-refractivity contribution is -0.384. The van der Waals surface area contributed by atoms with Crippen molar-refractivity contribution < 1.29 is 14.5 Å². The van der Waals surface area contributed by atoms with Crippen LogP contribution >= 0.6 is 0 Å². The van der Waals surface area contributed by atoms with E-state index in [0.717, 1.165) is 12.8 Å². The minimum absolute atomic E-state index is 0.0861. The number of benzene rings is 1. The molecule has 2 atom stereocenters. The van der Waals surface area contributed by atoms with Gasteiger partial charge in [-0.05, 0) is 37.7 Å². The number of nitrogens with one attached hydrogen (secondary N) is 2. The van der Waals surface area contributed by atoms with E-state index in [1.807, 2.05) is 0 Å². The highest BCUT2D eigenvalue weighted by Gasteiger charge is 2.36. The van der Waals surface area contributed by atoms with Gasteiger partial charge in [-0.2, -0.15) is 0 Å². The van der Waals surface area contributed by atoms with E-state index in [0.29, 0.717) is 29.9 Å². The van der Waals surface area contributed by atoms with E-state index >= 15 is 0 Å². The molecule has 1 aromatic carbocycles. The zero-order valence-corrected chi connectivity index (χ0v) is 13.1. The first-order chi connectivity index (χ1) is 11.1. The first-order valence-electron chi connectivity index (χ1n) is 7.97. The molecule has 2 unspecified atom stereocenters. The molecule has 3 rings (SSSR count). The van der Waals surface area contributed by atoms with Gasteiger partial charge < -0.3 is 15.4 Å². The summed E-state index contributed by atoms with van der Waals surface area (Å²) in [7, 11) is 1.52. The second-order valence-electron chi connectivity index (χ2n) is 6.18. The Kier molecular flexibility index (Phi) is 4.47. The average molecular weight is 319 g/mol. The molecule has 0 radical (unpaired) electrons. The molecule has 1 aromatic rings. The predicted octanol–water partition coefficient (Wildman–Crippen LogP) is 2.32. The van der Waals surface area contributed by atoms with Crippen LogP contribution in [0, 0.1) is 16.0 Å². The van der Waals surface area contributed by atoms with Crippen molar-refractivity contribution in [1.82, 2.24) is 5.32 Å². The molecule has 23 heavy (non-hydrogen) atoms. The standard InChI is InChI=1S/C16H21N3O4/c1-17-16(20)13-9-12(19(21)22)4-5-14(13)18-11-6-7-23-15(8-11)10-2-3-10/h4-5,9-11,15,18H,2-3,6-8H2,1H3,(H,17,20). The second kappa shape index (κ2) is 6.54. The van der Waals surface area contributed by atoms with E-state index in [1.54, 1.807) is 6.07 Å². The zero-order valence-electron chi connectivity index (χ0n) is 13.1. The molecule has 1 saturated heterocycles. The molecule has 2 N–H and O–H groups in total. The lowest BCUT2D eigenvalue weighted by atomic mass is 9.99. The lowest BCUT2D eigenvalue weighted by Gasteiger charge is -2.31. The number of amides is 1. The molecule has 1 aliphatic heterocycles. The van der Waals surface area contributed by atoms with Gasteiger partial charge >= 0.3 is 0 Å². The SMILES string of the molecule is CNC(=O)c1cc([N+](=O)[O-])ccc1NC1CCOC(C2CC2)C1. The minimum Gasteiger partial charge on any atom is -0.381 e. The summed E-state index contributed by atoms with van der Waals surface area (Å²) in [5.74, 6) is 0.344. The van der Waals surface area contributed by atoms with Crippen LogP contribution < -0.4 is 10.6 Å². The Bertz CT molecular complexity index is 615. The fraction of sp³-hybridized carbons (Fsp3) is 0.562.